The van der Waals surface area contributed by atoms with Crippen molar-refractivity contribution in [1.29, 1.82) is 0 Å². The van der Waals surface area contributed by atoms with Gasteiger partial charge in [0.15, 0.2) is 5.11 Å². The molecular weight excluding hydrogens is 334 g/mol. The summed E-state index contributed by atoms with van der Waals surface area (Å²) in [4.78, 5) is 11.9. The predicted molar refractivity (Wildman–Crippen MR) is 86.5 cm³/mol. The molecule has 0 aliphatic carbocycles. The number of hydrogen-bond acceptors (Lipinski definition) is 2. The smallest absolute Gasteiger partial charge is 0.257 e. The van der Waals surface area contributed by atoms with Crippen molar-refractivity contribution in [2.45, 2.75) is 0 Å². The fraction of sp³-hybridized carbons (Fsp3) is 0. The maximum absolute atomic E-state index is 13.0. The van der Waals surface area contributed by atoms with Gasteiger partial charge in [0.25, 0.3) is 5.91 Å². The van der Waals surface area contributed by atoms with Gasteiger partial charge in [-0.1, -0.05) is 29.3 Å². The summed E-state index contributed by atoms with van der Waals surface area (Å²) in [7, 11) is 0. The van der Waals surface area contributed by atoms with E-state index < -0.39 is 11.7 Å². The Labute approximate surface area is 136 Å². The minimum absolute atomic E-state index is 0.0380. The number of benzene rings is 2. The maximum Gasteiger partial charge on any atom is 0.257 e. The highest BCUT2D eigenvalue weighted by molar-refractivity contribution is 7.80. The Bertz CT molecular complexity index is 709. The van der Waals surface area contributed by atoms with Crippen LogP contribution < -0.4 is 10.6 Å². The number of amides is 1. The van der Waals surface area contributed by atoms with Gasteiger partial charge in [-0.3, -0.25) is 10.1 Å². The molecule has 2 rings (SSSR count). The van der Waals surface area contributed by atoms with E-state index in [0.717, 1.165) is 0 Å². The van der Waals surface area contributed by atoms with E-state index in [9.17, 15) is 9.18 Å². The summed E-state index contributed by atoms with van der Waals surface area (Å²) in [6.07, 6.45) is 0. The number of carbonyl (C=O) groups is 1. The van der Waals surface area contributed by atoms with Crippen LogP contribution >= 0.6 is 35.4 Å². The van der Waals surface area contributed by atoms with E-state index in [1.54, 1.807) is 18.2 Å². The van der Waals surface area contributed by atoms with Crippen molar-refractivity contribution in [3.8, 4) is 0 Å². The number of nitrogens with one attached hydrogen (secondary N) is 2. The molecule has 2 aromatic rings. The number of halogens is 3. The van der Waals surface area contributed by atoms with Crippen LogP contribution in [0.15, 0.2) is 42.5 Å². The summed E-state index contributed by atoms with van der Waals surface area (Å²) in [6.45, 7) is 0. The lowest BCUT2D eigenvalue weighted by Crippen LogP contribution is -2.34. The van der Waals surface area contributed by atoms with Crippen molar-refractivity contribution in [1.82, 2.24) is 5.32 Å². The molecule has 0 spiro atoms. The summed E-state index contributed by atoms with van der Waals surface area (Å²) in [5.74, 6) is -0.931. The summed E-state index contributed by atoms with van der Waals surface area (Å²) in [6, 6.07) is 10.5. The lowest BCUT2D eigenvalue weighted by atomic mass is 10.2. The van der Waals surface area contributed by atoms with Crippen molar-refractivity contribution in [3.05, 3.63) is 63.9 Å². The third kappa shape index (κ3) is 4.39. The van der Waals surface area contributed by atoms with Gasteiger partial charge in [-0.2, -0.15) is 0 Å². The summed E-state index contributed by atoms with van der Waals surface area (Å²) in [5, 5.41) is 5.72. The van der Waals surface area contributed by atoms with Crippen LogP contribution in [0.2, 0.25) is 10.0 Å². The highest BCUT2D eigenvalue weighted by Crippen LogP contribution is 2.19. The molecule has 1 amide bonds. The largest absolute Gasteiger partial charge is 0.332 e. The zero-order valence-electron chi connectivity index (χ0n) is 10.5. The molecule has 7 heteroatoms. The van der Waals surface area contributed by atoms with E-state index in [1.165, 1.54) is 24.3 Å². The second kappa shape index (κ2) is 6.85. The van der Waals surface area contributed by atoms with Crippen LogP contribution in [0, 0.1) is 5.82 Å². The number of carbonyl (C=O) groups excluding carboxylic acids is 1. The molecule has 0 bridgehead atoms. The van der Waals surface area contributed by atoms with Gasteiger partial charge in [-0.15, -0.1) is 0 Å². The van der Waals surface area contributed by atoms with Gasteiger partial charge in [-0.05, 0) is 48.6 Å². The lowest BCUT2D eigenvalue weighted by molar-refractivity contribution is 0.0977. The Kier molecular flexibility index (Phi) is 5.12. The molecule has 2 N–H and O–H groups in total. The zero-order valence-corrected chi connectivity index (χ0v) is 12.8. The van der Waals surface area contributed by atoms with Crippen LogP contribution in [0.25, 0.3) is 0 Å². The standard InChI is InChI=1S/C14H9Cl2FN2OS/c15-9-3-1-2-8(6-9)13(20)19-14(21)18-10-4-5-12(17)11(16)7-10/h1-7H,(H2,18,19,20,21). The molecule has 0 aliphatic rings. The fourth-order valence-electron chi connectivity index (χ4n) is 1.54. The second-order valence-electron chi connectivity index (χ2n) is 4.05. The van der Waals surface area contributed by atoms with Crippen molar-refractivity contribution >= 4 is 52.1 Å². The SMILES string of the molecule is O=C(NC(=S)Nc1ccc(F)c(Cl)c1)c1cccc(Cl)c1. The quantitative estimate of drug-likeness (QED) is 0.801. The first kappa shape index (κ1) is 15.7. The maximum atomic E-state index is 13.0. The van der Waals surface area contributed by atoms with Gasteiger partial charge in [0.1, 0.15) is 5.82 Å². The number of anilines is 1. The van der Waals surface area contributed by atoms with Crippen LogP contribution in [-0.2, 0) is 0 Å². The Balaban J connectivity index is 2.01. The van der Waals surface area contributed by atoms with E-state index in [4.69, 9.17) is 35.4 Å². The van der Waals surface area contributed by atoms with Gasteiger partial charge in [0.05, 0.1) is 5.02 Å². The van der Waals surface area contributed by atoms with Crippen LogP contribution in [0.3, 0.4) is 0 Å². The molecule has 3 nitrogen and oxygen atoms in total. The van der Waals surface area contributed by atoms with E-state index in [0.29, 0.717) is 16.3 Å². The molecule has 2 aromatic carbocycles. The summed E-state index contributed by atoms with van der Waals surface area (Å²) < 4.78 is 13.0. The molecule has 0 heterocycles. The first-order chi connectivity index (χ1) is 9.95. The van der Waals surface area contributed by atoms with Crippen LogP contribution in [0.5, 0.6) is 0 Å². The lowest BCUT2D eigenvalue weighted by Gasteiger charge is -2.10. The Morgan fingerprint density at radius 1 is 1.14 bits per heavy atom. The Morgan fingerprint density at radius 2 is 1.90 bits per heavy atom. The molecule has 0 unspecified atom stereocenters. The monoisotopic (exact) mass is 342 g/mol. The summed E-state index contributed by atoms with van der Waals surface area (Å²) >= 11 is 16.5. The molecule has 0 atom stereocenters. The van der Waals surface area contributed by atoms with E-state index in [-0.39, 0.29) is 10.1 Å². The number of rotatable bonds is 2. The molecule has 21 heavy (non-hydrogen) atoms. The van der Waals surface area contributed by atoms with Gasteiger partial charge >= 0.3 is 0 Å². The highest BCUT2D eigenvalue weighted by atomic mass is 35.5. The Hall–Kier alpha value is -1.69. The third-order valence-corrected chi connectivity index (χ3v) is 3.22. The summed E-state index contributed by atoms with van der Waals surface area (Å²) in [5.41, 5.74) is 0.849. The first-order valence-electron chi connectivity index (χ1n) is 5.78. The van der Waals surface area contributed by atoms with E-state index >= 15 is 0 Å². The minimum Gasteiger partial charge on any atom is -0.332 e. The van der Waals surface area contributed by atoms with Gasteiger partial charge < -0.3 is 5.32 Å². The number of hydrogen-bond donors (Lipinski definition) is 2. The molecule has 0 fully saturated rings. The van der Waals surface area contributed by atoms with Gasteiger partial charge in [-0.25, -0.2) is 4.39 Å². The molecule has 0 radical (unpaired) electrons. The second-order valence-corrected chi connectivity index (χ2v) is 5.30. The average molecular weight is 343 g/mol. The van der Waals surface area contributed by atoms with Gasteiger partial charge in [0, 0.05) is 16.3 Å². The molecule has 108 valence electrons. The molecule has 0 aliphatic heterocycles. The molecule has 0 saturated carbocycles. The molecule has 0 aromatic heterocycles. The first-order valence-corrected chi connectivity index (χ1v) is 6.95. The van der Waals surface area contributed by atoms with Crippen molar-refractivity contribution < 1.29 is 9.18 Å². The van der Waals surface area contributed by atoms with Gasteiger partial charge in [0.2, 0.25) is 0 Å². The average Bonchev–Trinajstić information content (AvgIpc) is 2.43. The normalized spacial score (nSPS) is 10.0. The third-order valence-electron chi connectivity index (χ3n) is 2.49. The van der Waals surface area contributed by atoms with Crippen molar-refractivity contribution in [2.75, 3.05) is 5.32 Å². The fourth-order valence-corrected chi connectivity index (χ4v) is 2.12. The minimum atomic E-state index is -0.531. The number of thiocarbonyl (C=S) groups is 1. The van der Waals surface area contributed by atoms with Crippen molar-refractivity contribution in [2.24, 2.45) is 0 Å². The molecular formula is C14H9Cl2FN2OS. The molecule has 0 saturated heterocycles. The predicted octanol–water partition coefficient (Wildman–Crippen LogP) is 4.26. The van der Waals surface area contributed by atoms with Crippen LogP contribution in [-0.4, -0.2) is 11.0 Å². The topological polar surface area (TPSA) is 41.1 Å². The van der Waals surface area contributed by atoms with E-state index in [1.807, 2.05) is 0 Å². The zero-order chi connectivity index (χ0) is 15.4. The van der Waals surface area contributed by atoms with Crippen LogP contribution in [0.1, 0.15) is 10.4 Å². The van der Waals surface area contributed by atoms with E-state index in [2.05, 4.69) is 10.6 Å². The van der Waals surface area contributed by atoms with Crippen molar-refractivity contribution in [3.63, 3.8) is 0 Å². The Morgan fingerprint density at radius 3 is 2.57 bits per heavy atom. The van der Waals surface area contributed by atoms with Crippen LogP contribution in [0.4, 0.5) is 10.1 Å². The highest BCUT2D eigenvalue weighted by Gasteiger charge is 2.09.